The van der Waals surface area contributed by atoms with Crippen molar-refractivity contribution in [3.05, 3.63) is 69.5 Å². The fraction of sp³-hybridized carbons (Fsp3) is 0.167. The quantitative estimate of drug-likeness (QED) is 0.677. The first-order valence-corrected chi connectivity index (χ1v) is 9.05. The second kappa shape index (κ2) is 7.21. The van der Waals surface area contributed by atoms with E-state index in [1.807, 2.05) is 0 Å². The average molecular weight is 432 g/mol. The van der Waals surface area contributed by atoms with Crippen LogP contribution in [0.25, 0.3) is 0 Å². The van der Waals surface area contributed by atoms with Crippen molar-refractivity contribution in [3.8, 4) is 0 Å². The number of hydrogen-bond acceptors (Lipinski definition) is 5. The number of pyridine rings is 1. The Morgan fingerprint density at radius 1 is 0.931 bits per heavy atom. The minimum Gasteiger partial charge on any atom is -0.351 e. The van der Waals surface area contributed by atoms with Crippen LogP contribution in [0.5, 0.6) is 0 Å². The second-order valence-corrected chi connectivity index (χ2v) is 6.70. The van der Waals surface area contributed by atoms with Crippen molar-refractivity contribution >= 4 is 29.0 Å². The summed E-state index contributed by atoms with van der Waals surface area (Å²) in [5, 5.41) is 2.29. The van der Waals surface area contributed by atoms with Crippen molar-refractivity contribution in [2.24, 2.45) is 0 Å². The lowest BCUT2D eigenvalue weighted by atomic mass is 9.96. The zero-order valence-corrected chi connectivity index (χ0v) is 15.2. The van der Waals surface area contributed by atoms with Gasteiger partial charge in [-0.2, -0.15) is 26.3 Å². The van der Waals surface area contributed by atoms with E-state index in [-0.39, 0.29) is 22.2 Å². The molecule has 29 heavy (non-hydrogen) atoms. The van der Waals surface area contributed by atoms with E-state index >= 15 is 0 Å². The number of fused-ring (bicyclic) bond motifs is 1. The Hall–Kier alpha value is -2.82. The molecule has 2 aromatic rings. The number of allylic oxidation sites excluding steroid dienone is 2. The van der Waals surface area contributed by atoms with Crippen LogP contribution in [-0.2, 0) is 12.4 Å². The number of hydrogen-bond donors (Lipinski definition) is 1. The Kier molecular flexibility index (Phi) is 5.20. The Morgan fingerprint density at radius 2 is 1.52 bits per heavy atom. The molecule has 0 atom stereocenters. The summed E-state index contributed by atoms with van der Waals surface area (Å²) >= 11 is 0.830. The maximum atomic E-state index is 13.1. The number of anilines is 1. The normalized spacial score (nSPS) is 14.9. The van der Waals surface area contributed by atoms with Gasteiger partial charge in [0.2, 0.25) is 11.6 Å². The molecule has 0 unspecified atom stereocenters. The van der Waals surface area contributed by atoms with E-state index in [0.717, 1.165) is 11.8 Å². The van der Waals surface area contributed by atoms with Gasteiger partial charge < -0.3 is 5.32 Å². The van der Waals surface area contributed by atoms with Crippen LogP contribution in [0, 0.1) is 0 Å². The highest BCUT2D eigenvalue weighted by molar-refractivity contribution is 8.03. The summed E-state index contributed by atoms with van der Waals surface area (Å²) in [6, 6.07) is 3.54. The monoisotopic (exact) mass is 432 g/mol. The number of alkyl halides is 6. The van der Waals surface area contributed by atoms with Crippen molar-refractivity contribution in [2.75, 3.05) is 11.6 Å². The number of benzene rings is 1. The summed E-state index contributed by atoms with van der Waals surface area (Å²) in [7, 11) is 0. The van der Waals surface area contributed by atoms with E-state index in [9.17, 15) is 35.9 Å². The maximum Gasteiger partial charge on any atom is 0.416 e. The molecule has 4 nitrogen and oxygen atoms in total. The van der Waals surface area contributed by atoms with Crippen molar-refractivity contribution in [3.63, 3.8) is 0 Å². The van der Waals surface area contributed by atoms with Gasteiger partial charge in [0, 0.05) is 11.9 Å². The number of nitrogens with one attached hydrogen (secondary N) is 1. The minimum atomic E-state index is -5.04. The molecule has 0 aliphatic heterocycles. The van der Waals surface area contributed by atoms with E-state index in [1.165, 1.54) is 24.6 Å². The molecule has 1 aliphatic carbocycles. The molecule has 1 aromatic carbocycles. The third kappa shape index (κ3) is 4.00. The lowest BCUT2D eigenvalue weighted by Crippen LogP contribution is -2.26. The highest BCUT2D eigenvalue weighted by atomic mass is 32.2. The SMILES string of the molecule is CSC1=C(Nc2cc(C(F)(F)F)cc(C(F)(F)F)c2)C(=O)c2cccnc2C1=O. The van der Waals surface area contributed by atoms with Crippen LogP contribution in [0.4, 0.5) is 32.0 Å². The topological polar surface area (TPSA) is 59.1 Å². The lowest BCUT2D eigenvalue weighted by Gasteiger charge is -2.21. The van der Waals surface area contributed by atoms with E-state index in [4.69, 9.17) is 0 Å². The summed E-state index contributed by atoms with van der Waals surface area (Å²) in [5.41, 5.74) is -4.35. The molecule has 11 heteroatoms. The second-order valence-electron chi connectivity index (χ2n) is 5.89. The Morgan fingerprint density at radius 3 is 2.03 bits per heavy atom. The number of rotatable bonds is 3. The molecule has 0 radical (unpaired) electrons. The molecule has 1 heterocycles. The smallest absolute Gasteiger partial charge is 0.351 e. The standard InChI is InChI=1S/C18H10F6N2O2S/c1-29-16-13(14(27)11-3-2-4-25-12(11)15(16)28)26-10-6-8(17(19,20)21)5-9(7-10)18(22,23)24/h2-7,26H,1H3. The van der Waals surface area contributed by atoms with Gasteiger partial charge in [-0.3, -0.25) is 14.6 Å². The van der Waals surface area contributed by atoms with Crippen LogP contribution in [-0.4, -0.2) is 22.8 Å². The van der Waals surface area contributed by atoms with Crippen LogP contribution in [0.15, 0.2) is 47.1 Å². The molecule has 0 fully saturated rings. The van der Waals surface area contributed by atoms with Gasteiger partial charge >= 0.3 is 12.4 Å². The van der Waals surface area contributed by atoms with Gasteiger partial charge in [-0.25, -0.2) is 0 Å². The van der Waals surface area contributed by atoms with Crippen LogP contribution < -0.4 is 5.32 Å². The first kappa shape index (κ1) is 20.9. The summed E-state index contributed by atoms with van der Waals surface area (Å²) < 4.78 is 78.3. The molecule has 0 spiro atoms. The largest absolute Gasteiger partial charge is 0.416 e. The predicted molar refractivity (Wildman–Crippen MR) is 93.5 cm³/mol. The molecule has 0 bridgehead atoms. The fourth-order valence-corrected chi connectivity index (χ4v) is 3.34. The fourth-order valence-electron chi connectivity index (χ4n) is 2.71. The van der Waals surface area contributed by atoms with Crippen LogP contribution in [0.3, 0.4) is 0 Å². The first-order chi connectivity index (χ1) is 13.4. The van der Waals surface area contributed by atoms with Crippen LogP contribution >= 0.6 is 11.8 Å². The number of Topliss-reactive ketones (excluding diaryl/α,β-unsaturated/α-hetero) is 2. The number of halogens is 6. The number of nitrogens with zero attached hydrogens (tertiary/aromatic N) is 1. The van der Waals surface area contributed by atoms with Gasteiger partial charge in [0.25, 0.3) is 0 Å². The lowest BCUT2D eigenvalue weighted by molar-refractivity contribution is -0.143. The molecule has 3 rings (SSSR count). The Labute approximate surface area is 164 Å². The summed E-state index contributed by atoms with van der Waals surface area (Å²) in [6.07, 6.45) is -7.35. The van der Waals surface area contributed by atoms with Crippen LogP contribution in [0.1, 0.15) is 32.0 Å². The van der Waals surface area contributed by atoms with Gasteiger partial charge in [-0.1, -0.05) is 0 Å². The maximum absolute atomic E-state index is 13.1. The van der Waals surface area contributed by atoms with E-state index in [1.54, 1.807) is 0 Å². The molecule has 152 valence electrons. The number of carbonyl (C=O) groups excluding carboxylic acids is 2. The first-order valence-electron chi connectivity index (χ1n) is 7.82. The zero-order chi connectivity index (χ0) is 21.6. The molecule has 0 saturated heterocycles. The molecule has 1 aliphatic rings. The molecule has 0 saturated carbocycles. The van der Waals surface area contributed by atoms with Crippen molar-refractivity contribution in [2.45, 2.75) is 12.4 Å². The third-order valence-corrected chi connectivity index (χ3v) is 4.79. The van der Waals surface area contributed by atoms with Gasteiger partial charge in [-0.15, -0.1) is 11.8 Å². The summed E-state index contributed by atoms with van der Waals surface area (Å²) in [6.45, 7) is 0. The Balaban J connectivity index is 2.13. The van der Waals surface area contributed by atoms with Crippen molar-refractivity contribution in [1.82, 2.24) is 4.98 Å². The Bertz CT molecular complexity index is 1010. The van der Waals surface area contributed by atoms with Crippen LogP contribution in [0.2, 0.25) is 0 Å². The highest BCUT2D eigenvalue weighted by Crippen LogP contribution is 2.39. The van der Waals surface area contributed by atoms with Crippen molar-refractivity contribution < 1.29 is 35.9 Å². The van der Waals surface area contributed by atoms with Gasteiger partial charge in [0.15, 0.2) is 0 Å². The van der Waals surface area contributed by atoms with E-state index < -0.39 is 46.4 Å². The highest BCUT2D eigenvalue weighted by Gasteiger charge is 2.38. The molecule has 1 aromatic heterocycles. The van der Waals surface area contributed by atoms with Gasteiger partial charge in [-0.05, 0) is 36.6 Å². The molecule has 1 N–H and O–H groups in total. The minimum absolute atomic E-state index is 0.0257. The number of thioether (sulfide) groups is 1. The van der Waals surface area contributed by atoms with Crippen molar-refractivity contribution in [1.29, 1.82) is 0 Å². The molecule has 0 amide bonds. The summed E-state index contributed by atoms with van der Waals surface area (Å²) in [4.78, 5) is 29.0. The number of carbonyl (C=O) groups is 2. The van der Waals surface area contributed by atoms with Gasteiger partial charge in [0.1, 0.15) is 11.4 Å². The van der Waals surface area contributed by atoms with Gasteiger partial charge in [0.05, 0.1) is 21.6 Å². The molecular formula is C18H10F6N2O2S. The number of ketones is 2. The zero-order valence-electron chi connectivity index (χ0n) is 14.4. The van der Waals surface area contributed by atoms with E-state index in [0.29, 0.717) is 12.1 Å². The van der Waals surface area contributed by atoms with E-state index in [2.05, 4.69) is 10.3 Å². The average Bonchev–Trinajstić information content (AvgIpc) is 2.64. The third-order valence-electron chi connectivity index (χ3n) is 3.99. The summed E-state index contributed by atoms with van der Waals surface area (Å²) in [5.74, 6) is -1.42. The predicted octanol–water partition coefficient (Wildman–Crippen LogP) is 5.18. The molecular weight excluding hydrogens is 422 g/mol. The number of aromatic nitrogens is 1.